The fourth-order valence-electron chi connectivity index (χ4n) is 1.66. The number of nitrogens with zero attached hydrogens (tertiary/aromatic N) is 1. The van der Waals surface area contributed by atoms with E-state index in [1.54, 1.807) is 0 Å². The Morgan fingerprint density at radius 2 is 2.33 bits per heavy atom. The van der Waals surface area contributed by atoms with Crippen LogP contribution in [0.15, 0.2) is 0 Å². The van der Waals surface area contributed by atoms with Crippen molar-refractivity contribution in [1.29, 1.82) is 0 Å². The molecule has 68 valence electrons. The lowest BCUT2D eigenvalue weighted by Crippen LogP contribution is -2.55. The number of aliphatic carboxylic acids is 1. The molecule has 1 atom stereocenters. The first-order chi connectivity index (χ1) is 5.77. The van der Waals surface area contributed by atoms with E-state index >= 15 is 0 Å². The summed E-state index contributed by atoms with van der Waals surface area (Å²) in [6, 6.07) is -0.171. The molecule has 0 spiro atoms. The smallest absolute Gasteiger partial charge is 0.320 e. The average molecular weight is 187 g/mol. The SMILES string of the molecule is O=C(O)C1CCN1CC1CSC1. The van der Waals surface area contributed by atoms with Crippen molar-refractivity contribution in [3.63, 3.8) is 0 Å². The summed E-state index contributed by atoms with van der Waals surface area (Å²) in [6.45, 7) is 1.99. The third-order valence-corrected chi connectivity index (χ3v) is 4.03. The summed E-state index contributed by atoms with van der Waals surface area (Å²) in [6.07, 6.45) is 0.842. The second-order valence-electron chi connectivity index (χ2n) is 3.54. The van der Waals surface area contributed by atoms with Gasteiger partial charge in [0.2, 0.25) is 0 Å². The first-order valence-electron chi connectivity index (χ1n) is 4.32. The van der Waals surface area contributed by atoms with Gasteiger partial charge in [-0.2, -0.15) is 11.8 Å². The lowest BCUT2D eigenvalue weighted by atomic mass is 10.0. The molecular weight excluding hydrogens is 174 g/mol. The largest absolute Gasteiger partial charge is 0.480 e. The lowest BCUT2D eigenvalue weighted by Gasteiger charge is -2.41. The van der Waals surface area contributed by atoms with Crippen LogP contribution in [0, 0.1) is 5.92 Å². The van der Waals surface area contributed by atoms with E-state index < -0.39 is 5.97 Å². The van der Waals surface area contributed by atoms with Gasteiger partial charge >= 0.3 is 5.97 Å². The summed E-state index contributed by atoms with van der Waals surface area (Å²) in [5, 5.41) is 8.76. The number of hydrogen-bond acceptors (Lipinski definition) is 3. The maximum absolute atomic E-state index is 10.6. The Kier molecular flexibility index (Phi) is 2.28. The number of hydrogen-bond donors (Lipinski definition) is 1. The fourth-order valence-corrected chi connectivity index (χ4v) is 2.44. The molecule has 1 unspecified atom stereocenters. The van der Waals surface area contributed by atoms with Gasteiger partial charge in [-0.05, 0) is 23.8 Å². The number of thioether (sulfide) groups is 1. The molecule has 2 fully saturated rings. The predicted molar refractivity (Wildman–Crippen MR) is 48.4 cm³/mol. The molecule has 2 heterocycles. The molecule has 2 aliphatic heterocycles. The molecule has 3 nitrogen and oxygen atoms in total. The van der Waals surface area contributed by atoms with Crippen molar-refractivity contribution in [2.75, 3.05) is 24.6 Å². The van der Waals surface area contributed by atoms with Gasteiger partial charge in [0, 0.05) is 13.1 Å². The van der Waals surface area contributed by atoms with Gasteiger partial charge in [-0.25, -0.2) is 0 Å². The second kappa shape index (κ2) is 3.26. The van der Waals surface area contributed by atoms with Crippen LogP contribution in [0.3, 0.4) is 0 Å². The van der Waals surface area contributed by atoms with Gasteiger partial charge < -0.3 is 5.11 Å². The molecule has 2 saturated heterocycles. The van der Waals surface area contributed by atoms with Crippen LogP contribution in [-0.2, 0) is 4.79 Å². The molecular formula is C8H13NO2S. The first kappa shape index (κ1) is 8.38. The maximum Gasteiger partial charge on any atom is 0.320 e. The second-order valence-corrected chi connectivity index (χ2v) is 4.62. The highest BCUT2D eigenvalue weighted by Gasteiger charge is 2.36. The summed E-state index contributed by atoms with van der Waals surface area (Å²) in [5.41, 5.74) is 0. The van der Waals surface area contributed by atoms with Crippen molar-refractivity contribution in [3.05, 3.63) is 0 Å². The van der Waals surface area contributed by atoms with Crippen molar-refractivity contribution in [1.82, 2.24) is 4.90 Å². The van der Waals surface area contributed by atoms with Gasteiger partial charge in [0.15, 0.2) is 0 Å². The number of carboxylic acids is 1. The Morgan fingerprint density at radius 1 is 1.58 bits per heavy atom. The van der Waals surface area contributed by atoms with E-state index in [9.17, 15) is 4.79 Å². The normalized spacial score (nSPS) is 30.8. The molecule has 0 radical (unpaired) electrons. The van der Waals surface area contributed by atoms with E-state index in [0.29, 0.717) is 0 Å². The minimum Gasteiger partial charge on any atom is -0.480 e. The van der Waals surface area contributed by atoms with Crippen LogP contribution < -0.4 is 0 Å². The average Bonchev–Trinajstić information content (AvgIpc) is 1.79. The zero-order chi connectivity index (χ0) is 8.55. The minimum atomic E-state index is -0.645. The standard InChI is InChI=1S/C8H13NO2S/c10-8(11)7-1-2-9(7)3-6-4-12-5-6/h6-7H,1-5H2,(H,10,11). The molecule has 12 heavy (non-hydrogen) atoms. The number of likely N-dealkylation sites (tertiary alicyclic amines) is 1. The van der Waals surface area contributed by atoms with Crippen LogP contribution in [0.25, 0.3) is 0 Å². The maximum atomic E-state index is 10.6. The molecule has 0 amide bonds. The number of carboxylic acid groups (broad SMARTS) is 1. The van der Waals surface area contributed by atoms with Crippen molar-refractivity contribution in [2.45, 2.75) is 12.5 Å². The lowest BCUT2D eigenvalue weighted by molar-refractivity contribution is -0.148. The number of rotatable bonds is 3. The van der Waals surface area contributed by atoms with Crippen LogP contribution in [0.5, 0.6) is 0 Å². The highest BCUT2D eigenvalue weighted by atomic mass is 32.2. The van der Waals surface area contributed by atoms with E-state index in [-0.39, 0.29) is 6.04 Å². The van der Waals surface area contributed by atoms with E-state index in [1.165, 1.54) is 11.5 Å². The zero-order valence-electron chi connectivity index (χ0n) is 6.90. The van der Waals surface area contributed by atoms with Gasteiger partial charge in [0.1, 0.15) is 6.04 Å². The highest BCUT2D eigenvalue weighted by molar-refractivity contribution is 8.00. The van der Waals surface area contributed by atoms with Crippen LogP contribution in [-0.4, -0.2) is 46.6 Å². The topological polar surface area (TPSA) is 40.5 Å². The zero-order valence-corrected chi connectivity index (χ0v) is 7.72. The molecule has 0 aromatic rings. The van der Waals surface area contributed by atoms with Gasteiger partial charge in [0.25, 0.3) is 0 Å². The quantitative estimate of drug-likeness (QED) is 0.699. The Morgan fingerprint density at radius 3 is 2.67 bits per heavy atom. The van der Waals surface area contributed by atoms with E-state index in [0.717, 1.165) is 25.4 Å². The third kappa shape index (κ3) is 1.45. The van der Waals surface area contributed by atoms with Gasteiger partial charge in [0.05, 0.1) is 0 Å². The molecule has 0 saturated carbocycles. The van der Waals surface area contributed by atoms with E-state index in [2.05, 4.69) is 4.90 Å². The molecule has 0 bridgehead atoms. The molecule has 1 N–H and O–H groups in total. The summed E-state index contributed by atoms with van der Waals surface area (Å²) in [5.74, 6) is 2.57. The van der Waals surface area contributed by atoms with Crippen LogP contribution in [0.2, 0.25) is 0 Å². The molecule has 0 aliphatic carbocycles. The summed E-state index contributed by atoms with van der Waals surface area (Å²) < 4.78 is 0. The molecule has 0 aromatic heterocycles. The first-order valence-corrected chi connectivity index (χ1v) is 5.47. The third-order valence-electron chi connectivity index (χ3n) is 2.62. The van der Waals surface area contributed by atoms with Crippen molar-refractivity contribution in [3.8, 4) is 0 Å². The van der Waals surface area contributed by atoms with E-state index in [1.807, 2.05) is 11.8 Å². The van der Waals surface area contributed by atoms with Crippen molar-refractivity contribution in [2.24, 2.45) is 5.92 Å². The Hall–Kier alpha value is -0.220. The van der Waals surface area contributed by atoms with Crippen LogP contribution in [0.4, 0.5) is 0 Å². The summed E-state index contributed by atoms with van der Waals surface area (Å²) in [4.78, 5) is 12.7. The Bertz CT molecular complexity index is 193. The predicted octanol–water partition coefficient (Wildman–Crippen LogP) is 0.508. The summed E-state index contributed by atoms with van der Waals surface area (Å²) >= 11 is 1.96. The Labute approximate surface area is 76.1 Å². The molecule has 0 aromatic carbocycles. The van der Waals surface area contributed by atoms with Gasteiger partial charge in [-0.3, -0.25) is 9.69 Å². The van der Waals surface area contributed by atoms with Crippen molar-refractivity contribution >= 4 is 17.7 Å². The summed E-state index contributed by atoms with van der Waals surface area (Å²) in [7, 11) is 0. The minimum absolute atomic E-state index is 0.171. The number of carbonyl (C=O) groups is 1. The van der Waals surface area contributed by atoms with Crippen LogP contribution in [0.1, 0.15) is 6.42 Å². The van der Waals surface area contributed by atoms with Gasteiger partial charge in [-0.1, -0.05) is 0 Å². The Balaban J connectivity index is 1.76. The molecule has 2 rings (SSSR count). The van der Waals surface area contributed by atoms with Crippen molar-refractivity contribution < 1.29 is 9.90 Å². The highest BCUT2D eigenvalue weighted by Crippen LogP contribution is 2.28. The molecule has 2 aliphatic rings. The van der Waals surface area contributed by atoms with Gasteiger partial charge in [-0.15, -0.1) is 0 Å². The molecule has 4 heteroatoms. The fraction of sp³-hybridized carbons (Fsp3) is 0.875. The van der Waals surface area contributed by atoms with Crippen LogP contribution >= 0.6 is 11.8 Å². The monoisotopic (exact) mass is 187 g/mol. The van der Waals surface area contributed by atoms with E-state index in [4.69, 9.17) is 5.11 Å².